The normalized spacial score (nSPS) is 31.0. The molecule has 114 valence electrons. The first kappa shape index (κ1) is 15.3. The molecule has 2 saturated heterocycles. The molecule has 3 unspecified atom stereocenters. The van der Waals surface area contributed by atoms with Gasteiger partial charge in [0.05, 0.1) is 6.10 Å². The third-order valence-corrected chi connectivity index (χ3v) is 4.10. The van der Waals surface area contributed by atoms with Crippen LogP contribution in [0.25, 0.3) is 0 Å². The van der Waals surface area contributed by atoms with Crippen LogP contribution in [-0.4, -0.2) is 48.1 Å². The number of piperazine rings is 1. The van der Waals surface area contributed by atoms with Gasteiger partial charge in [0, 0.05) is 13.2 Å². The molecule has 2 fully saturated rings. The van der Waals surface area contributed by atoms with Gasteiger partial charge in [-0.2, -0.15) is 0 Å². The number of carbonyl (C=O) groups excluding carboxylic acids is 2. The van der Waals surface area contributed by atoms with Gasteiger partial charge in [0.1, 0.15) is 12.1 Å². The average Bonchev–Trinajstić information content (AvgIpc) is 2.88. The van der Waals surface area contributed by atoms with Crippen molar-refractivity contribution in [2.45, 2.75) is 64.6 Å². The van der Waals surface area contributed by atoms with Gasteiger partial charge in [0.2, 0.25) is 11.8 Å². The molecule has 2 rings (SSSR count). The molecule has 2 amide bonds. The van der Waals surface area contributed by atoms with Crippen LogP contribution in [0.1, 0.15) is 46.5 Å². The fourth-order valence-corrected chi connectivity index (χ4v) is 3.02. The molecule has 20 heavy (non-hydrogen) atoms. The minimum Gasteiger partial charge on any atom is -0.378 e. The van der Waals surface area contributed by atoms with Crippen LogP contribution < -0.4 is 5.32 Å². The molecule has 0 spiro atoms. The maximum absolute atomic E-state index is 12.3. The van der Waals surface area contributed by atoms with Gasteiger partial charge in [-0.25, -0.2) is 0 Å². The van der Waals surface area contributed by atoms with Gasteiger partial charge < -0.3 is 15.0 Å². The van der Waals surface area contributed by atoms with E-state index >= 15 is 0 Å². The van der Waals surface area contributed by atoms with Gasteiger partial charge in [0.25, 0.3) is 0 Å². The molecule has 0 bridgehead atoms. The Balaban J connectivity index is 2.01. The van der Waals surface area contributed by atoms with Crippen molar-refractivity contribution in [3.8, 4) is 0 Å². The Bertz CT molecular complexity index is 364. The summed E-state index contributed by atoms with van der Waals surface area (Å²) in [4.78, 5) is 26.3. The maximum atomic E-state index is 12.3. The SMILES string of the molecule is CC(C)CC1C(=O)NC(C)C(=O)N1CCC1CCCO1. The first-order valence-electron chi connectivity index (χ1n) is 7.71. The van der Waals surface area contributed by atoms with Crippen molar-refractivity contribution in [2.75, 3.05) is 13.2 Å². The molecule has 0 aliphatic carbocycles. The van der Waals surface area contributed by atoms with Gasteiger partial charge in [-0.3, -0.25) is 9.59 Å². The lowest BCUT2D eigenvalue weighted by molar-refractivity contribution is -0.149. The number of hydrogen-bond donors (Lipinski definition) is 1. The molecule has 1 N–H and O–H groups in total. The van der Waals surface area contributed by atoms with E-state index in [0.29, 0.717) is 12.5 Å². The van der Waals surface area contributed by atoms with E-state index in [9.17, 15) is 9.59 Å². The van der Waals surface area contributed by atoms with Crippen molar-refractivity contribution in [1.29, 1.82) is 0 Å². The number of amides is 2. The Morgan fingerprint density at radius 1 is 1.40 bits per heavy atom. The summed E-state index contributed by atoms with van der Waals surface area (Å²) in [7, 11) is 0. The highest BCUT2D eigenvalue weighted by Crippen LogP contribution is 2.21. The molecular formula is C15H26N2O3. The lowest BCUT2D eigenvalue weighted by Gasteiger charge is -2.39. The lowest BCUT2D eigenvalue weighted by atomic mass is 9.97. The summed E-state index contributed by atoms with van der Waals surface area (Å²) in [5, 5.41) is 2.78. The van der Waals surface area contributed by atoms with Gasteiger partial charge in [0.15, 0.2) is 0 Å². The minimum absolute atomic E-state index is 0.0156. The molecule has 0 aromatic carbocycles. The van der Waals surface area contributed by atoms with Gasteiger partial charge in [-0.15, -0.1) is 0 Å². The molecule has 5 nitrogen and oxygen atoms in total. The van der Waals surface area contributed by atoms with E-state index in [0.717, 1.165) is 32.3 Å². The third kappa shape index (κ3) is 3.51. The fourth-order valence-electron chi connectivity index (χ4n) is 3.02. The molecule has 3 atom stereocenters. The molecule has 5 heteroatoms. The molecule has 2 aliphatic rings. The molecule has 0 aromatic heterocycles. The van der Waals surface area contributed by atoms with E-state index in [4.69, 9.17) is 4.74 Å². The molecular weight excluding hydrogens is 256 g/mol. The van der Waals surface area contributed by atoms with Gasteiger partial charge in [-0.05, 0) is 38.5 Å². The molecule has 0 radical (unpaired) electrons. The lowest BCUT2D eigenvalue weighted by Crippen LogP contribution is -2.62. The Labute approximate surface area is 121 Å². The summed E-state index contributed by atoms with van der Waals surface area (Å²) in [6, 6.07) is -0.726. The Kier molecular flexibility index (Phi) is 5.02. The molecule has 2 heterocycles. The monoisotopic (exact) mass is 282 g/mol. The summed E-state index contributed by atoms with van der Waals surface area (Å²) in [5.41, 5.74) is 0. The largest absolute Gasteiger partial charge is 0.378 e. The fraction of sp³-hybridized carbons (Fsp3) is 0.867. The van der Waals surface area contributed by atoms with Crippen LogP contribution in [0.15, 0.2) is 0 Å². The topological polar surface area (TPSA) is 58.6 Å². The maximum Gasteiger partial charge on any atom is 0.245 e. The van der Waals surface area contributed by atoms with Crippen LogP contribution in [0.3, 0.4) is 0 Å². The standard InChI is InChI=1S/C15H26N2O3/c1-10(2)9-13-14(18)16-11(3)15(19)17(13)7-6-12-5-4-8-20-12/h10-13H,4-9H2,1-3H3,(H,16,18). The number of nitrogens with zero attached hydrogens (tertiary/aromatic N) is 1. The summed E-state index contributed by atoms with van der Waals surface area (Å²) in [6.45, 7) is 7.36. The zero-order valence-electron chi connectivity index (χ0n) is 12.7. The van der Waals surface area contributed by atoms with Crippen molar-refractivity contribution in [1.82, 2.24) is 10.2 Å². The molecule has 2 aliphatic heterocycles. The summed E-state index contributed by atoms with van der Waals surface area (Å²) < 4.78 is 5.61. The Morgan fingerprint density at radius 3 is 2.75 bits per heavy atom. The highest BCUT2D eigenvalue weighted by molar-refractivity contribution is 5.96. The van der Waals surface area contributed by atoms with Crippen molar-refractivity contribution in [2.24, 2.45) is 5.92 Å². The highest BCUT2D eigenvalue weighted by Gasteiger charge is 2.38. The molecule has 0 aromatic rings. The van der Waals surface area contributed by atoms with Gasteiger partial charge in [-0.1, -0.05) is 13.8 Å². The first-order chi connectivity index (χ1) is 9.49. The average molecular weight is 282 g/mol. The van der Waals surface area contributed by atoms with Crippen LogP contribution in [0.4, 0.5) is 0 Å². The number of ether oxygens (including phenoxy) is 1. The van der Waals surface area contributed by atoms with Crippen molar-refractivity contribution < 1.29 is 14.3 Å². The smallest absolute Gasteiger partial charge is 0.245 e. The van der Waals surface area contributed by atoms with Crippen molar-refractivity contribution >= 4 is 11.8 Å². The predicted molar refractivity (Wildman–Crippen MR) is 76.2 cm³/mol. The second-order valence-corrected chi connectivity index (χ2v) is 6.33. The van der Waals surface area contributed by atoms with Crippen LogP contribution in [0, 0.1) is 5.92 Å². The van der Waals surface area contributed by atoms with Crippen LogP contribution in [0.5, 0.6) is 0 Å². The van der Waals surface area contributed by atoms with Gasteiger partial charge >= 0.3 is 0 Å². The highest BCUT2D eigenvalue weighted by atomic mass is 16.5. The van der Waals surface area contributed by atoms with Crippen LogP contribution >= 0.6 is 0 Å². The number of nitrogens with one attached hydrogen (secondary N) is 1. The van der Waals surface area contributed by atoms with E-state index in [1.165, 1.54) is 0 Å². The third-order valence-electron chi connectivity index (χ3n) is 4.10. The van der Waals surface area contributed by atoms with E-state index < -0.39 is 6.04 Å². The second kappa shape index (κ2) is 6.57. The predicted octanol–water partition coefficient (Wildman–Crippen LogP) is 1.32. The quantitative estimate of drug-likeness (QED) is 0.827. The number of carbonyl (C=O) groups is 2. The summed E-state index contributed by atoms with van der Waals surface area (Å²) in [5.74, 6) is 0.406. The molecule has 0 saturated carbocycles. The first-order valence-corrected chi connectivity index (χ1v) is 7.71. The van der Waals surface area contributed by atoms with E-state index in [2.05, 4.69) is 19.2 Å². The zero-order chi connectivity index (χ0) is 14.7. The second-order valence-electron chi connectivity index (χ2n) is 6.33. The van der Waals surface area contributed by atoms with Crippen LogP contribution in [0.2, 0.25) is 0 Å². The van der Waals surface area contributed by atoms with E-state index in [-0.39, 0.29) is 24.0 Å². The zero-order valence-corrected chi connectivity index (χ0v) is 12.7. The van der Waals surface area contributed by atoms with Crippen molar-refractivity contribution in [3.05, 3.63) is 0 Å². The Morgan fingerprint density at radius 2 is 2.15 bits per heavy atom. The van der Waals surface area contributed by atoms with E-state index in [1.807, 2.05) is 0 Å². The summed E-state index contributed by atoms with van der Waals surface area (Å²) >= 11 is 0. The number of hydrogen-bond acceptors (Lipinski definition) is 3. The minimum atomic E-state index is -0.407. The van der Waals surface area contributed by atoms with Crippen molar-refractivity contribution in [3.63, 3.8) is 0 Å². The number of rotatable bonds is 5. The summed E-state index contributed by atoms with van der Waals surface area (Å²) in [6.07, 6.45) is 3.97. The van der Waals surface area contributed by atoms with Crippen LogP contribution in [-0.2, 0) is 14.3 Å². The Hall–Kier alpha value is -1.10. The van der Waals surface area contributed by atoms with E-state index in [1.54, 1.807) is 11.8 Å².